The molecule has 1 saturated heterocycles. The van der Waals surface area contributed by atoms with E-state index < -0.39 is 0 Å². The molecule has 2 heterocycles. The molecule has 7 nitrogen and oxygen atoms in total. The average molecular weight is 343 g/mol. The van der Waals surface area contributed by atoms with Crippen LogP contribution in [0.15, 0.2) is 24.5 Å². The number of aromatic nitrogens is 4. The first-order valence-corrected chi connectivity index (χ1v) is 8.82. The fraction of sp³-hybridized carbons (Fsp3) is 0.556. The Labute approximate surface area is 148 Å². The standard InChI is InChI=1S/C18H25N5O2/c1-13(2)6-8-15-5-4-10-22(15)18(24)14-7-9-17(25-3)16(11-14)23-12-19-20-21-23/h7,9,11-13,15H,4-6,8,10H2,1-3H3. The van der Waals surface area contributed by atoms with E-state index in [2.05, 4.69) is 29.4 Å². The summed E-state index contributed by atoms with van der Waals surface area (Å²) < 4.78 is 6.88. The van der Waals surface area contributed by atoms with E-state index in [1.165, 1.54) is 11.0 Å². The van der Waals surface area contributed by atoms with Gasteiger partial charge in [0.05, 0.1) is 7.11 Å². The van der Waals surface area contributed by atoms with Crippen LogP contribution in [0.5, 0.6) is 5.75 Å². The molecule has 2 aromatic rings. The molecule has 0 N–H and O–H groups in total. The maximum absolute atomic E-state index is 13.0. The minimum absolute atomic E-state index is 0.0724. The third-order valence-electron chi connectivity index (χ3n) is 4.74. The molecule has 134 valence electrons. The van der Waals surface area contributed by atoms with Crippen molar-refractivity contribution in [3.63, 3.8) is 0 Å². The van der Waals surface area contributed by atoms with Crippen LogP contribution >= 0.6 is 0 Å². The van der Waals surface area contributed by atoms with Crippen LogP contribution in [0.2, 0.25) is 0 Å². The maximum Gasteiger partial charge on any atom is 0.254 e. The summed E-state index contributed by atoms with van der Waals surface area (Å²) in [5, 5.41) is 11.2. The van der Waals surface area contributed by atoms with E-state index in [4.69, 9.17) is 4.74 Å². The lowest BCUT2D eigenvalue weighted by atomic mass is 10.0. The molecular weight excluding hydrogens is 318 g/mol. The summed E-state index contributed by atoms with van der Waals surface area (Å²) in [6, 6.07) is 5.75. The Morgan fingerprint density at radius 1 is 1.40 bits per heavy atom. The zero-order valence-corrected chi connectivity index (χ0v) is 15.1. The highest BCUT2D eigenvalue weighted by Gasteiger charge is 2.29. The van der Waals surface area contributed by atoms with E-state index in [0.717, 1.165) is 32.2 Å². The molecule has 1 aromatic carbocycles. The van der Waals surface area contributed by atoms with E-state index in [1.807, 2.05) is 11.0 Å². The maximum atomic E-state index is 13.0. The third-order valence-corrected chi connectivity index (χ3v) is 4.74. The number of likely N-dealkylation sites (tertiary alicyclic amines) is 1. The van der Waals surface area contributed by atoms with Crippen LogP contribution in [0.1, 0.15) is 49.9 Å². The van der Waals surface area contributed by atoms with E-state index in [1.54, 1.807) is 19.2 Å². The van der Waals surface area contributed by atoms with Crippen LogP contribution < -0.4 is 4.74 Å². The molecule has 7 heteroatoms. The number of ether oxygens (including phenoxy) is 1. The highest BCUT2D eigenvalue weighted by Crippen LogP contribution is 2.28. The van der Waals surface area contributed by atoms with Gasteiger partial charge < -0.3 is 9.64 Å². The molecule has 0 aliphatic carbocycles. The normalized spacial score (nSPS) is 17.3. The molecule has 1 aromatic heterocycles. The number of rotatable bonds is 6. The van der Waals surface area contributed by atoms with Crippen molar-refractivity contribution < 1.29 is 9.53 Å². The second kappa shape index (κ2) is 7.63. The van der Waals surface area contributed by atoms with Crippen molar-refractivity contribution >= 4 is 5.91 Å². The smallest absolute Gasteiger partial charge is 0.254 e. The topological polar surface area (TPSA) is 73.1 Å². The van der Waals surface area contributed by atoms with Crippen molar-refractivity contribution in [3.8, 4) is 11.4 Å². The van der Waals surface area contributed by atoms with Gasteiger partial charge in [0.1, 0.15) is 17.8 Å². The number of nitrogens with zero attached hydrogens (tertiary/aromatic N) is 5. The highest BCUT2D eigenvalue weighted by atomic mass is 16.5. The molecule has 0 spiro atoms. The summed E-state index contributed by atoms with van der Waals surface area (Å²) in [5.74, 6) is 1.36. The lowest BCUT2D eigenvalue weighted by molar-refractivity contribution is 0.0726. The number of benzene rings is 1. The van der Waals surface area contributed by atoms with Gasteiger partial charge in [-0.15, -0.1) is 5.10 Å². The molecule has 25 heavy (non-hydrogen) atoms. The van der Waals surface area contributed by atoms with Gasteiger partial charge in [-0.2, -0.15) is 4.68 Å². The fourth-order valence-corrected chi connectivity index (χ4v) is 3.37. The molecule has 1 aliphatic rings. The van der Waals surface area contributed by atoms with Crippen molar-refractivity contribution in [2.75, 3.05) is 13.7 Å². The summed E-state index contributed by atoms with van der Waals surface area (Å²) >= 11 is 0. The van der Waals surface area contributed by atoms with Crippen LogP contribution in [0.3, 0.4) is 0 Å². The van der Waals surface area contributed by atoms with E-state index in [0.29, 0.717) is 29.0 Å². The summed E-state index contributed by atoms with van der Waals surface area (Å²) in [6.45, 7) is 5.28. The molecule has 0 saturated carbocycles. The van der Waals surface area contributed by atoms with Gasteiger partial charge >= 0.3 is 0 Å². The zero-order valence-electron chi connectivity index (χ0n) is 15.1. The molecular formula is C18H25N5O2. The zero-order chi connectivity index (χ0) is 17.8. The Kier molecular flexibility index (Phi) is 5.31. The summed E-state index contributed by atoms with van der Waals surface area (Å²) in [7, 11) is 1.59. The molecule has 1 aliphatic heterocycles. The Morgan fingerprint density at radius 3 is 2.92 bits per heavy atom. The molecule has 3 rings (SSSR count). The van der Waals surface area contributed by atoms with Gasteiger partial charge in [-0.05, 0) is 60.2 Å². The van der Waals surface area contributed by atoms with Crippen LogP contribution in [-0.4, -0.2) is 50.7 Å². The van der Waals surface area contributed by atoms with Gasteiger partial charge in [0, 0.05) is 18.2 Å². The molecule has 1 unspecified atom stereocenters. The predicted molar refractivity (Wildman–Crippen MR) is 93.8 cm³/mol. The molecule has 1 atom stereocenters. The first kappa shape index (κ1) is 17.4. The number of carbonyl (C=O) groups excluding carboxylic acids is 1. The minimum atomic E-state index is 0.0724. The van der Waals surface area contributed by atoms with Crippen molar-refractivity contribution in [2.24, 2.45) is 5.92 Å². The lowest BCUT2D eigenvalue weighted by Gasteiger charge is -2.25. The monoisotopic (exact) mass is 343 g/mol. The van der Waals surface area contributed by atoms with Crippen LogP contribution in [0, 0.1) is 5.92 Å². The van der Waals surface area contributed by atoms with Gasteiger partial charge in [0.15, 0.2) is 0 Å². The second-order valence-corrected chi connectivity index (χ2v) is 6.91. The number of hydrogen-bond donors (Lipinski definition) is 0. The molecule has 1 fully saturated rings. The lowest BCUT2D eigenvalue weighted by Crippen LogP contribution is -2.35. The van der Waals surface area contributed by atoms with E-state index in [-0.39, 0.29) is 5.91 Å². The number of methoxy groups -OCH3 is 1. The number of tetrazole rings is 1. The summed E-state index contributed by atoms with van der Waals surface area (Å²) in [4.78, 5) is 15.1. The Balaban J connectivity index is 1.83. The molecule has 0 bridgehead atoms. The highest BCUT2D eigenvalue weighted by molar-refractivity contribution is 5.95. The average Bonchev–Trinajstić information content (AvgIpc) is 3.30. The summed E-state index contributed by atoms with van der Waals surface area (Å²) in [6.07, 6.45) is 5.87. The second-order valence-electron chi connectivity index (χ2n) is 6.91. The third kappa shape index (κ3) is 3.81. The van der Waals surface area contributed by atoms with Crippen molar-refractivity contribution in [2.45, 2.75) is 45.6 Å². The Bertz CT molecular complexity index is 714. The van der Waals surface area contributed by atoms with E-state index >= 15 is 0 Å². The van der Waals surface area contributed by atoms with Crippen LogP contribution in [0.4, 0.5) is 0 Å². The quantitative estimate of drug-likeness (QED) is 0.806. The SMILES string of the molecule is COc1ccc(C(=O)N2CCCC2CCC(C)C)cc1-n1cnnn1. The van der Waals surface area contributed by atoms with Crippen LogP contribution in [0.25, 0.3) is 5.69 Å². The Morgan fingerprint density at radius 2 is 2.24 bits per heavy atom. The van der Waals surface area contributed by atoms with Crippen LogP contribution in [-0.2, 0) is 0 Å². The van der Waals surface area contributed by atoms with Crippen molar-refractivity contribution in [3.05, 3.63) is 30.1 Å². The van der Waals surface area contributed by atoms with Gasteiger partial charge in [0.25, 0.3) is 5.91 Å². The number of hydrogen-bond acceptors (Lipinski definition) is 5. The van der Waals surface area contributed by atoms with Gasteiger partial charge in [-0.25, -0.2) is 0 Å². The van der Waals surface area contributed by atoms with Crippen molar-refractivity contribution in [1.29, 1.82) is 0 Å². The number of amides is 1. The fourth-order valence-electron chi connectivity index (χ4n) is 3.37. The first-order valence-electron chi connectivity index (χ1n) is 8.82. The van der Waals surface area contributed by atoms with Crippen molar-refractivity contribution in [1.82, 2.24) is 25.1 Å². The largest absolute Gasteiger partial charge is 0.494 e. The summed E-state index contributed by atoms with van der Waals surface area (Å²) in [5.41, 5.74) is 1.30. The Hall–Kier alpha value is -2.44. The first-order chi connectivity index (χ1) is 12.1. The minimum Gasteiger partial charge on any atom is -0.494 e. The predicted octanol–water partition coefficient (Wildman–Crippen LogP) is 2.71. The number of carbonyl (C=O) groups is 1. The van der Waals surface area contributed by atoms with E-state index in [9.17, 15) is 4.79 Å². The van der Waals surface area contributed by atoms with Gasteiger partial charge in [0.2, 0.25) is 0 Å². The van der Waals surface area contributed by atoms with Gasteiger partial charge in [-0.1, -0.05) is 13.8 Å². The molecule has 0 radical (unpaired) electrons. The molecule has 1 amide bonds. The van der Waals surface area contributed by atoms with Gasteiger partial charge in [-0.3, -0.25) is 4.79 Å².